The fourth-order valence-electron chi connectivity index (χ4n) is 5.48. The summed E-state index contributed by atoms with van der Waals surface area (Å²) in [5, 5.41) is 7.41. The molecule has 34 heavy (non-hydrogen) atoms. The minimum atomic E-state index is 0.927. The van der Waals surface area contributed by atoms with Gasteiger partial charge in [-0.15, -0.1) is 0 Å². The van der Waals surface area contributed by atoms with Crippen molar-refractivity contribution in [1.82, 2.24) is 0 Å². The van der Waals surface area contributed by atoms with E-state index in [1.54, 1.807) is 0 Å². The predicted molar refractivity (Wildman–Crippen MR) is 144 cm³/mol. The average Bonchev–Trinajstić information content (AvgIpc) is 3.27. The highest BCUT2D eigenvalue weighted by molar-refractivity contribution is 6.25. The molecule has 0 unspecified atom stereocenters. The van der Waals surface area contributed by atoms with Crippen LogP contribution >= 0.6 is 0 Å². The van der Waals surface area contributed by atoms with Crippen molar-refractivity contribution in [2.45, 2.75) is 6.92 Å². The van der Waals surface area contributed by atoms with E-state index in [4.69, 9.17) is 4.42 Å². The van der Waals surface area contributed by atoms with E-state index in [9.17, 15) is 0 Å². The second-order valence-electron chi connectivity index (χ2n) is 8.99. The first-order valence-corrected chi connectivity index (χ1v) is 11.7. The van der Waals surface area contributed by atoms with E-state index >= 15 is 0 Å². The maximum absolute atomic E-state index is 6.26. The molecule has 0 spiro atoms. The highest BCUT2D eigenvalue weighted by Crippen LogP contribution is 2.46. The smallest absolute Gasteiger partial charge is 0.136 e. The lowest BCUT2D eigenvalue weighted by Crippen LogP contribution is -1.92. The normalized spacial score (nSPS) is 11.7. The van der Waals surface area contributed by atoms with Crippen LogP contribution in [-0.2, 0) is 0 Å². The summed E-state index contributed by atoms with van der Waals surface area (Å²) in [6.07, 6.45) is 0. The van der Waals surface area contributed by atoms with Gasteiger partial charge in [-0.05, 0) is 62.9 Å². The Bertz CT molecular complexity index is 1860. The molecule has 0 aliphatic carbocycles. The van der Waals surface area contributed by atoms with Gasteiger partial charge in [-0.2, -0.15) is 0 Å². The second-order valence-corrected chi connectivity index (χ2v) is 8.99. The molecule has 1 heteroatoms. The molecule has 0 saturated heterocycles. The van der Waals surface area contributed by atoms with Crippen LogP contribution in [0.25, 0.3) is 65.7 Å². The predicted octanol–water partition coefficient (Wildman–Crippen LogP) is 9.53. The first-order valence-electron chi connectivity index (χ1n) is 11.7. The fraction of sp³-hybridized carbons (Fsp3) is 0.0303. The van der Waals surface area contributed by atoms with Crippen LogP contribution in [0.15, 0.2) is 120 Å². The summed E-state index contributed by atoms with van der Waals surface area (Å²) in [5.74, 6) is 0. The molecule has 160 valence electrons. The summed E-state index contributed by atoms with van der Waals surface area (Å²) in [6.45, 7) is 2.18. The third kappa shape index (κ3) is 2.74. The van der Waals surface area contributed by atoms with E-state index in [1.807, 2.05) is 6.07 Å². The largest absolute Gasteiger partial charge is 0.456 e. The SMILES string of the molecule is Cc1ccc2c(-c3ccccc3)c3ccccc3c(-c3cccc4oc5ccccc5c34)c2c1. The molecule has 7 rings (SSSR count). The number of rotatable bonds is 2. The lowest BCUT2D eigenvalue weighted by atomic mass is 9.84. The Morgan fingerprint density at radius 1 is 0.471 bits per heavy atom. The standard InChI is InChI=1S/C33H22O/c1-21-18-19-25-28(20-21)32(24-13-6-5-12-23(24)31(25)22-10-3-2-4-11-22)27-15-9-17-30-33(27)26-14-7-8-16-29(26)34-30/h2-20H,1H3. The number of benzene rings is 6. The van der Waals surface area contributed by atoms with Crippen LogP contribution in [-0.4, -0.2) is 0 Å². The van der Waals surface area contributed by atoms with E-state index < -0.39 is 0 Å². The molecule has 1 heterocycles. The Kier molecular flexibility index (Phi) is 4.13. The summed E-state index contributed by atoms with van der Waals surface area (Å²) >= 11 is 0. The van der Waals surface area contributed by atoms with E-state index in [0.29, 0.717) is 0 Å². The van der Waals surface area contributed by atoms with Crippen LogP contribution in [0, 0.1) is 6.92 Å². The third-order valence-electron chi connectivity index (χ3n) is 6.91. The molecule has 0 amide bonds. The summed E-state index contributed by atoms with van der Waals surface area (Å²) in [7, 11) is 0. The van der Waals surface area contributed by atoms with Crippen molar-refractivity contribution in [2.24, 2.45) is 0 Å². The maximum Gasteiger partial charge on any atom is 0.136 e. The lowest BCUT2D eigenvalue weighted by Gasteiger charge is -2.18. The Balaban J connectivity index is 1.73. The van der Waals surface area contributed by atoms with Crippen molar-refractivity contribution in [3.63, 3.8) is 0 Å². The Morgan fingerprint density at radius 2 is 1.12 bits per heavy atom. The van der Waals surface area contributed by atoms with Crippen LogP contribution in [0.4, 0.5) is 0 Å². The summed E-state index contributed by atoms with van der Waals surface area (Å²) in [6, 6.07) is 41.2. The van der Waals surface area contributed by atoms with Crippen LogP contribution in [0.5, 0.6) is 0 Å². The van der Waals surface area contributed by atoms with E-state index in [-0.39, 0.29) is 0 Å². The molecular weight excluding hydrogens is 412 g/mol. The molecule has 0 N–H and O–H groups in total. The molecule has 7 aromatic rings. The second kappa shape index (κ2) is 7.33. The number of para-hydroxylation sites is 1. The van der Waals surface area contributed by atoms with Gasteiger partial charge in [-0.25, -0.2) is 0 Å². The van der Waals surface area contributed by atoms with Crippen molar-refractivity contribution in [2.75, 3.05) is 0 Å². The van der Waals surface area contributed by atoms with Crippen molar-refractivity contribution in [3.8, 4) is 22.3 Å². The monoisotopic (exact) mass is 434 g/mol. The minimum Gasteiger partial charge on any atom is -0.456 e. The maximum atomic E-state index is 6.26. The first kappa shape index (κ1) is 19.1. The number of furan rings is 1. The van der Waals surface area contributed by atoms with Crippen molar-refractivity contribution in [1.29, 1.82) is 0 Å². The average molecular weight is 435 g/mol. The molecular formula is C33H22O. The van der Waals surface area contributed by atoms with Crippen LogP contribution in [0.3, 0.4) is 0 Å². The van der Waals surface area contributed by atoms with Gasteiger partial charge in [-0.1, -0.05) is 109 Å². The van der Waals surface area contributed by atoms with Crippen LogP contribution in [0.2, 0.25) is 0 Å². The van der Waals surface area contributed by atoms with E-state index in [1.165, 1.54) is 54.7 Å². The van der Waals surface area contributed by atoms with E-state index in [0.717, 1.165) is 16.6 Å². The molecule has 0 radical (unpaired) electrons. The number of hydrogen-bond donors (Lipinski definition) is 0. The zero-order chi connectivity index (χ0) is 22.6. The molecule has 0 aliphatic rings. The molecule has 0 atom stereocenters. The topological polar surface area (TPSA) is 13.1 Å². The van der Waals surface area contributed by atoms with Crippen LogP contribution in [0.1, 0.15) is 5.56 Å². The van der Waals surface area contributed by atoms with Gasteiger partial charge in [0.2, 0.25) is 0 Å². The summed E-state index contributed by atoms with van der Waals surface area (Å²) in [4.78, 5) is 0. The molecule has 1 nitrogen and oxygen atoms in total. The van der Waals surface area contributed by atoms with Crippen molar-refractivity contribution >= 4 is 43.5 Å². The fourth-order valence-corrected chi connectivity index (χ4v) is 5.48. The van der Waals surface area contributed by atoms with Gasteiger partial charge in [0.05, 0.1) is 0 Å². The zero-order valence-electron chi connectivity index (χ0n) is 18.9. The van der Waals surface area contributed by atoms with Gasteiger partial charge < -0.3 is 4.42 Å². The van der Waals surface area contributed by atoms with Gasteiger partial charge in [-0.3, -0.25) is 0 Å². The molecule has 0 aliphatic heterocycles. The minimum absolute atomic E-state index is 0.927. The number of hydrogen-bond acceptors (Lipinski definition) is 1. The number of aryl methyl sites for hydroxylation is 1. The van der Waals surface area contributed by atoms with Gasteiger partial charge >= 0.3 is 0 Å². The van der Waals surface area contributed by atoms with Gasteiger partial charge in [0.15, 0.2) is 0 Å². The molecule has 0 saturated carbocycles. The quantitative estimate of drug-likeness (QED) is 0.247. The molecule has 1 aromatic heterocycles. The van der Waals surface area contributed by atoms with Gasteiger partial charge in [0.25, 0.3) is 0 Å². The zero-order valence-corrected chi connectivity index (χ0v) is 18.9. The Morgan fingerprint density at radius 3 is 1.94 bits per heavy atom. The molecule has 6 aromatic carbocycles. The van der Waals surface area contributed by atoms with E-state index in [2.05, 4.69) is 116 Å². The van der Waals surface area contributed by atoms with Gasteiger partial charge in [0.1, 0.15) is 11.2 Å². The Hall–Kier alpha value is -4.36. The Labute approximate surface area is 197 Å². The lowest BCUT2D eigenvalue weighted by molar-refractivity contribution is 0.669. The summed E-state index contributed by atoms with van der Waals surface area (Å²) < 4.78 is 6.26. The third-order valence-corrected chi connectivity index (χ3v) is 6.91. The molecule has 0 bridgehead atoms. The van der Waals surface area contributed by atoms with Crippen molar-refractivity contribution in [3.05, 3.63) is 121 Å². The number of fused-ring (bicyclic) bond motifs is 5. The highest BCUT2D eigenvalue weighted by atomic mass is 16.3. The summed E-state index contributed by atoms with van der Waals surface area (Å²) in [5.41, 5.74) is 8.13. The highest BCUT2D eigenvalue weighted by Gasteiger charge is 2.20. The first-order chi connectivity index (χ1) is 16.8. The van der Waals surface area contributed by atoms with Crippen LogP contribution < -0.4 is 0 Å². The van der Waals surface area contributed by atoms with Crippen molar-refractivity contribution < 1.29 is 4.42 Å². The molecule has 0 fully saturated rings. The van der Waals surface area contributed by atoms with Gasteiger partial charge in [0, 0.05) is 10.8 Å².